The van der Waals surface area contributed by atoms with E-state index in [1.807, 2.05) is 6.07 Å². The quantitative estimate of drug-likeness (QED) is 0.522. The summed E-state index contributed by atoms with van der Waals surface area (Å²) in [5, 5.41) is 4.04. The lowest BCUT2D eigenvalue weighted by Crippen LogP contribution is -2.72. The van der Waals surface area contributed by atoms with Gasteiger partial charge in [0.2, 0.25) is 0 Å². The standard InChI is InChI=1S/C29H35N2O/c1-31-19-17-24(18-20-31)28(30-21-25-15-9-10-16-26(25)32-2)29(31)27(22-11-5-3-6-12-22)23-13-7-4-8-14-23/h3-16,24,27-30H,17-21H2,1-2H3/q+1/t24?,28-,29-,31?/m0/s1. The minimum absolute atomic E-state index is 0.376. The third-order valence-electron chi connectivity index (χ3n) is 8.00. The lowest BCUT2D eigenvalue weighted by Gasteiger charge is -2.58. The van der Waals surface area contributed by atoms with Crippen molar-refractivity contribution in [2.75, 3.05) is 27.2 Å². The van der Waals surface area contributed by atoms with Gasteiger partial charge in [-0.15, -0.1) is 0 Å². The van der Waals surface area contributed by atoms with E-state index in [-0.39, 0.29) is 0 Å². The van der Waals surface area contributed by atoms with Crippen LogP contribution in [0.15, 0.2) is 84.9 Å². The van der Waals surface area contributed by atoms with E-state index >= 15 is 0 Å². The molecule has 3 nitrogen and oxygen atoms in total. The molecule has 3 aliphatic heterocycles. The van der Waals surface area contributed by atoms with E-state index in [1.165, 1.54) is 42.6 Å². The molecule has 2 bridgehead atoms. The molecule has 3 heteroatoms. The summed E-state index contributed by atoms with van der Waals surface area (Å²) in [6.07, 6.45) is 2.62. The zero-order valence-electron chi connectivity index (χ0n) is 19.3. The van der Waals surface area contributed by atoms with Crippen LogP contribution in [0.1, 0.15) is 35.4 Å². The Balaban J connectivity index is 1.53. The SMILES string of the molecule is COc1ccccc1CN[C@H]1C2CC[N+](C)(CC2)[C@H]1C(c1ccccc1)c1ccccc1. The Morgan fingerprint density at radius 2 is 1.41 bits per heavy atom. The van der Waals surface area contributed by atoms with Crippen LogP contribution in [0, 0.1) is 5.92 Å². The molecule has 3 saturated heterocycles. The van der Waals surface area contributed by atoms with E-state index in [0.717, 1.165) is 22.7 Å². The minimum atomic E-state index is 0.376. The van der Waals surface area contributed by atoms with E-state index in [4.69, 9.17) is 4.74 Å². The highest BCUT2D eigenvalue weighted by Crippen LogP contribution is 2.45. The van der Waals surface area contributed by atoms with Crippen molar-refractivity contribution in [3.63, 3.8) is 0 Å². The number of methoxy groups -OCH3 is 1. The molecule has 0 spiro atoms. The van der Waals surface area contributed by atoms with E-state index in [9.17, 15) is 0 Å². The van der Waals surface area contributed by atoms with Crippen LogP contribution in [0.3, 0.4) is 0 Å². The Bertz CT molecular complexity index is 972. The molecule has 6 rings (SSSR count). The summed E-state index contributed by atoms with van der Waals surface area (Å²) in [7, 11) is 4.26. The van der Waals surface area contributed by atoms with Gasteiger partial charge in [-0.25, -0.2) is 0 Å². The molecule has 32 heavy (non-hydrogen) atoms. The Labute approximate surface area is 192 Å². The summed E-state index contributed by atoms with van der Waals surface area (Å²) in [6, 6.07) is 31.7. The van der Waals surface area contributed by atoms with E-state index in [1.54, 1.807) is 7.11 Å². The van der Waals surface area contributed by atoms with Gasteiger partial charge >= 0.3 is 0 Å². The van der Waals surface area contributed by atoms with Gasteiger partial charge in [-0.05, 0) is 23.1 Å². The van der Waals surface area contributed by atoms with Crippen LogP contribution in [-0.2, 0) is 6.54 Å². The fraction of sp³-hybridized carbons (Fsp3) is 0.379. The number of benzene rings is 3. The van der Waals surface area contributed by atoms with Crippen molar-refractivity contribution in [1.82, 2.24) is 5.32 Å². The molecule has 0 aromatic heterocycles. The number of quaternary nitrogens is 1. The number of para-hydroxylation sites is 1. The Morgan fingerprint density at radius 3 is 2.00 bits per heavy atom. The summed E-state index contributed by atoms with van der Waals surface area (Å²) < 4.78 is 6.78. The van der Waals surface area contributed by atoms with Crippen molar-refractivity contribution in [3.8, 4) is 5.75 Å². The van der Waals surface area contributed by atoms with Crippen molar-refractivity contribution in [2.24, 2.45) is 5.92 Å². The fourth-order valence-electron chi connectivity index (χ4n) is 6.34. The number of ether oxygens (including phenoxy) is 1. The highest BCUT2D eigenvalue weighted by atomic mass is 16.5. The summed E-state index contributed by atoms with van der Waals surface area (Å²) >= 11 is 0. The normalized spacial score (nSPS) is 26.9. The Kier molecular flexibility index (Phi) is 6.03. The number of piperidine rings is 3. The van der Waals surface area contributed by atoms with Crippen molar-refractivity contribution in [3.05, 3.63) is 102 Å². The van der Waals surface area contributed by atoms with Gasteiger partial charge in [0.05, 0.1) is 39.2 Å². The maximum absolute atomic E-state index is 5.64. The van der Waals surface area contributed by atoms with Gasteiger partial charge in [-0.3, -0.25) is 0 Å². The summed E-state index contributed by atoms with van der Waals surface area (Å²) in [6.45, 7) is 3.40. The number of hydrogen-bond donors (Lipinski definition) is 1. The molecule has 1 N–H and O–H groups in total. The topological polar surface area (TPSA) is 21.3 Å². The zero-order valence-corrected chi connectivity index (χ0v) is 19.3. The third-order valence-corrected chi connectivity index (χ3v) is 8.00. The van der Waals surface area contributed by atoms with Gasteiger partial charge in [0, 0.05) is 24.9 Å². The average Bonchev–Trinajstić information content (AvgIpc) is 2.85. The Morgan fingerprint density at radius 1 is 0.844 bits per heavy atom. The number of likely N-dealkylation sites (N-methyl/N-ethyl adjacent to an activating group) is 1. The third kappa shape index (κ3) is 3.96. The summed E-state index contributed by atoms with van der Waals surface area (Å²) in [5.41, 5.74) is 4.10. The molecule has 0 saturated carbocycles. The largest absolute Gasteiger partial charge is 0.496 e. The Hall–Kier alpha value is -2.62. The second kappa shape index (κ2) is 9.09. The molecule has 3 aliphatic rings. The fourth-order valence-corrected chi connectivity index (χ4v) is 6.34. The lowest BCUT2D eigenvalue weighted by atomic mass is 9.69. The summed E-state index contributed by atoms with van der Waals surface area (Å²) in [4.78, 5) is 0. The first-order chi connectivity index (χ1) is 15.7. The minimum Gasteiger partial charge on any atom is -0.496 e. The summed E-state index contributed by atoms with van der Waals surface area (Å²) in [5.74, 6) is 2.08. The maximum atomic E-state index is 5.64. The smallest absolute Gasteiger partial charge is 0.123 e. The van der Waals surface area contributed by atoms with Gasteiger partial charge < -0.3 is 14.5 Å². The number of rotatable bonds is 7. The molecule has 2 atom stereocenters. The van der Waals surface area contributed by atoms with Crippen LogP contribution in [0.4, 0.5) is 0 Å². The predicted molar refractivity (Wildman–Crippen MR) is 131 cm³/mol. The van der Waals surface area contributed by atoms with E-state index < -0.39 is 0 Å². The predicted octanol–water partition coefficient (Wildman–Crippen LogP) is 5.22. The first kappa shape index (κ1) is 21.2. The number of nitrogens with zero attached hydrogens (tertiary/aromatic N) is 1. The second-order valence-electron chi connectivity index (χ2n) is 9.77. The first-order valence-electron chi connectivity index (χ1n) is 12.0. The first-order valence-corrected chi connectivity index (χ1v) is 12.0. The molecule has 3 aromatic rings. The van der Waals surface area contributed by atoms with Gasteiger partial charge in [0.15, 0.2) is 0 Å². The second-order valence-corrected chi connectivity index (χ2v) is 9.77. The van der Waals surface area contributed by atoms with Crippen LogP contribution in [0.2, 0.25) is 0 Å². The highest BCUT2D eigenvalue weighted by molar-refractivity contribution is 5.36. The zero-order chi connectivity index (χ0) is 22.0. The molecule has 0 aliphatic carbocycles. The molecule has 3 aromatic carbocycles. The van der Waals surface area contributed by atoms with Gasteiger partial charge in [0.1, 0.15) is 11.8 Å². The maximum Gasteiger partial charge on any atom is 0.123 e. The van der Waals surface area contributed by atoms with Crippen molar-refractivity contribution < 1.29 is 9.22 Å². The van der Waals surface area contributed by atoms with E-state index in [0.29, 0.717) is 18.0 Å². The van der Waals surface area contributed by atoms with Crippen LogP contribution in [0.25, 0.3) is 0 Å². The van der Waals surface area contributed by atoms with Gasteiger partial charge in [-0.1, -0.05) is 78.9 Å². The van der Waals surface area contributed by atoms with E-state index in [2.05, 4.69) is 91.2 Å². The molecular formula is C29H35N2O+. The molecule has 166 valence electrons. The molecule has 3 fully saturated rings. The molecular weight excluding hydrogens is 392 g/mol. The van der Waals surface area contributed by atoms with Crippen molar-refractivity contribution in [1.29, 1.82) is 0 Å². The van der Waals surface area contributed by atoms with Crippen molar-refractivity contribution in [2.45, 2.75) is 37.4 Å². The number of hydrogen-bond acceptors (Lipinski definition) is 2. The van der Waals surface area contributed by atoms with Crippen LogP contribution in [0.5, 0.6) is 5.75 Å². The van der Waals surface area contributed by atoms with Gasteiger partial charge in [0.25, 0.3) is 0 Å². The molecule has 0 unspecified atom stereocenters. The highest BCUT2D eigenvalue weighted by Gasteiger charge is 2.54. The van der Waals surface area contributed by atoms with Crippen LogP contribution in [-0.4, -0.2) is 43.8 Å². The number of fused-ring (bicyclic) bond motifs is 3. The van der Waals surface area contributed by atoms with Crippen LogP contribution < -0.4 is 10.1 Å². The molecule has 0 amide bonds. The average molecular weight is 428 g/mol. The molecule has 0 radical (unpaired) electrons. The lowest BCUT2D eigenvalue weighted by molar-refractivity contribution is -0.951. The van der Waals surface area contributed by atoms with Gasteiger partial charge in [-0.2, -0.15) is 0 Å². The van der Waals surface area contributed by atoms with Crippen LogP contribution >= 0.6 is 0 Å². The molecule has 3 heterocycles. The van der Waals surface area contributed by atoms with Crippen molar-refractivity contribution >= 4 is 0 Å². The monoisotopic (exact) mass is 427 g/mol. The number of nitrogens with one attached hydrogen (secondary N) is 1.